The van der Waals surface area contributed by atoms with Crippen LogP contribution in [0.4, 0.5) is 5.69 Å². The maximum absolute atomic E-state index is 12.3. The van der Waals surface area contributed by atoms with Crippen molar-refractivity contribution in [2.24, 2.45) is 0 Å². The second-order valence-electron chi connectivity index (χ2n) is 7.12. The first-order valence-corrected chi connectivity index (χ1v) is 12.6. The van der Waals surface area contributed by atoms with Crippen LogP contribution in [0.25, 0.3) is 0 Å². The van der Waals surface area contributed by atoms with E-state index >= 15 is 0 Å². The standard InChI is InChI=1S/C22H28Cl2N2O3S/c1-4-16-8-9-17(5-2)18(13-16)15-25-22(27)7-6-12-26(30(3,28)29)19-10-11-20(23)21(24)14-19/h8-11,13-14H,4-7,12,15H2,1-3H3,(H,25,27). The van der Waals surface area contributed by atoms with Crippen molar-refractivity contribution in [3.63, 3.8) is 0 Å². The fraction of sp³-hybridized carbons (Fsp3) is 0.409. The lowest BCUT2D eigenvalue weighted by atomic mass is 10.0. The van der Waals surface area contributed by atoms with Gasteiger partial charge in [0, 0.05) is 19.5 Å². The monoisotopic (exact) mass is 470 g/mol. The molecule has 0 aliphatic rings. The van der Waals surface area contributed by atoms with Crippen molar-refractivity contribution in [1.29, 1.82) is 0 Å². The number of hydrogen-bond donors (Lipinski definition) is 1. The van der Waals surface area contributed by atoms with Crippen molar-refractivity contribution in [2.45, 2.75) is 46.1 Å². The zero-order chi connectivity index (χ0) is 22.3. The Hall–Kier alpha value is -1.76. The summed E-state index contributed by atoms with van der Waals surface area (Å²) in [6.07, 6.45) is 3.59. The van der Waals surface area contributed by atoms with Crippen molar-refractivity contribution >= 4 is 44.8 Å². The van der Waals surface area contributed by atoms with E-state index in [1.807, 2.05) is 0 Å². The highest BCUT2D eigenvalue weighted by molar-refractivity contribution is 7.92. The lowest BCUT2D eigenvalue weighted by molar-refractivity contribution is -0.121. The van der Waals surface area contributed by atoms with Gasteiger partial charge in [-0.3, -0.25) is 9.10 Å². The van der Waals surface area contributed by atoms with Crippen LogP contribution in [0.1, 0.15) is 43.4 Å². The Morgan fingerprint density at radius 1 is 1.00 bits per heavy atom. The zero-order valence-electron chi connectivity index (χ0n) is 17.5. The van der Waals surface area contributed by atoms with E-state index in [0.717, 1.165) is 24.7 Å². The molecule has 0 aliphatic carbocycles. The molecule has 0 fully saturated rings. The molecule has 164 valence electrons. The van der Waals surface area contributed by atoms with Gasteiger partial charge in [0.15, 0.2) is 0 Å². The lowest BCUT2D eigenvalue weighted by Crippen LogP contribution is -2.32. The highest BCUT2D eigenvalue weighted by atomic mass is 35.5. The van der Waals surface area contributed by atoms with Crippen molar-refractivity contribution in [1.82, 2.24) is 5.32 Å². The molecule has 2 rings (SSSR count). The zero-order valence-corrected chi connectivity index (χ0v) is 19.9. The number of amides is 1. The van der Waals surface area contributed by atoms with Gasteiger partial charge in [0.25, 0.3) is 0 Å². The predicted molar refractivity (Wildman–Crippen MR) is 125 cm³/mol. The lowest BCUT2D eigenvalue weighted by Gasteiger charge is -2.22. The Balaban J connectivity index is 1.95. The van der Waals surface area contributed by atoms with E-state index < -0.39 is 10.0 Å². The van der Waals surface area contributed by atoms with Crippen LogP contribution < -0.4 is 9.62 Å². The molecule has 1 N–H and O–H groups in total. The Kier molecular flexibility index (Phi) is 9.01. The second-order valence-corrected chi connectivity index (χ2v) is 9.85. The summed E-state index contributed by atoms with van der Waals surface area (Å²) in [5.74, 6) is -0.110. The van der Waals surface area contributed by atoms with E-state index in [0.29, 0.717) is 23.7 Å². The van der Waals surface area contributed by atoms with Crippen molar-refractivity contribution in [3.8, 4) is 0 Å². The van der Waals surface area contributed by atoms with Gasteiger partial charge in [-0.2, -0.15) is 0 Å². The summed E-state index contributed by atoms with van der Waals surface area (Å²) in [6.45, 7) is 4.84. The minimum Gasteiger partial charge on any atom is -0.352 e. The van der Waals surface area contributed by atoms with Gasteiger partial charge in [-0.1, -0.05) is 55.2 Å². The summed E-state index contributed by atoms with van der Waals surface area (Å²) < 4.78 is 25.6. The van der Waals surface area contributed by atoms with E-state index in [-0.39, 0.29) is 23.9 Å². The Morgan fingerprint density at radius 3 is 2.33 bits per heavy atom. The smallest absolute Gasteiger partial charge is 0.232 e. The summed E-state index contributed by atoms with van der Waals surface area (Å²) >= 11 is 11.9. The fourth-order valence-corrected chi connectivity index (χ4v) is 4.45. The maximum atomic E-state index is 12.3. The predicted octanol–water partition coefficient (Wildman–Crippen LogP) is 4.98. The van der Waals surface area contributed by atoms with Crippen LogP contribution in [0, 0.1) is 0 Å². The number of anilines is 1. The number of carbonyl (C=O) groups is 1. The van der Waals surface area contributed by atoms with Crippen LogP contribution in [0.3, 0.4) is 0 Å². The molecule has 0 unspecified atom stereocenters. The number of benzene rings is 2. The highest BCUT2D eigenvalue weighted by Crippen LogP contribution is 2.28. The first kappa shape index (κ1) is 24.5. The first-order valence-electron chi connectivity index (χ1n) is 9.95. The van der Waals surface area contributed by atoms with Crippen molar-refractivity contribution < 1.29 is 13.2 Å². The average molecular weight is 471 g/mol. The molecule has 0 bridgehead atoms. The Bertz CT molecular complexity index is 994. The molecular formula is C22H28Cl2N2O3S. The summed E-state index contributed by atoms with van der Waals surface area (Å²) in [5.41, 5.74) is 4.01. The van der Waals surface area contributed by atoms with E-state index in [9.17, 15) is 13.2 Å². The van der Waals surface area contributed by atoms with Gasteiger partial charge in [-0.15, -0.1) is 0 Å². The third-order valence-corrected chi connectivity index (χ3v) is 6.83. The number of rotatable bonds is 10. The summed E-state index contributed by atoms with van der Waals surface area (Å²) in [6, 6.07) is 11.0. The molecule has 5 nitrogen and oxygen atoms in total. The third-order valence-electron chi connectivity index (χ3n) is 4.89. The first-order chi connectivity index (χ1) is 14.2. The molecule has 0 aromatic heterocycles. The number of carbonyl (C=O) groups excluding carboxylic acids is 1. The van der Waals surface area contributed by atoms with E-state index in [1.54, 1.807) is 12.1 Å². The molecule has 30 heavy (non-hydrogen) atoms. The van der Waals surface area contributed by atoms with E-state index in [4.69, 9.17) is 23.2 Å². The molecule has 2 aromatic rings. The molecule has 0 atom stereocenters. The van der Waals surface area contributed by atoms with Gasteiger partial charge in [0.2, 0.25) is 15.9 Å². The number of hydrogen-bond acceptors (Lipinski definition) is 3. The number of nitrogens with zero attached hydrogens (tertiary/aromatic N) is 1. The van der Waals surface area contributed by atoms with Gasteiger partial charge in [0.1, 0.15) is 0 Å². The SMILES string of the molecule is CCc1ccc(CC)c(CNC(=O)CCCN(c2ccc(Cl)c(Cl)c2)S(C)(=O)=O)c1. The van der Waals surface area contributed by atoms with Crippen LogP contribution >= 0.6 is 23.2 Å². The number of aryl methyl sites for hydroxylation is 2. The van der Waals surface area contributed by atoms with Crippen LogP contribution in [0.2, 0.25) is 10.0 Å². The minimum atomic E-state index is -3.52. The summed E-state index contributed by atoms with van der Waals surface area (Å²) in [7, 11) is -3.52. The van der Waals surface area contributed by atoms with E-state index in [2.05, 4.69) is 37.4 Å². The number of halogens is 2. The molecule has 0 heterocycles. The molecular weight excluding hydrogens is 443 g/mol. The minimum absolute atomic E-state index is 0.110. The van der Waals surface area contributed by atoms with Crippen molar-refractivity contribution in [2.75, 3.05) is 17.1 Å². The quantitative estimate of drug-likeness (QED) is 0.532. The molecule has 1 amide bonds. The summed E-state index contributed by atoms with van der Waals surface area (Å²) in [5, 5.41) is 3.58. The van der Waals surface area contributed by atoms with Gasteiger partial charge in [-0.05, 0) is 54.2 Å². The van der Waals surface area contributed by atoms with Gasteiger partial charge in [0.05, 0.1) is 22.0 Å². The normalized spacial score (nSPS) is 11.4. The Morgan fingerprint density at radius 2 is 1.73 bits per heavy atom. The van der Waals surface area contributed by atoms with Crippen LogP contribution in [0.5, 0.6) is 0 Å². The molecule has 2 aromatic carbocycles. The topological polar surface area (TPSA) is 66.5 Å². The molecule has 0 radical (unpaired) electrons. The number of sulfonamides is 1. The van der Waals surface area contributed by atoms with Crippen LogP contribution in [-0.4, -0.2) is 27.1 Å². The van der Waals surface area contributed by atoms with Gasteiger partial charge < -0.3 is 5.32 Å². The molecule has 8 heteroatoms. The third kappa shape index (κ3) is 6.89. The molecule has 0 saturated heterocycles. The maximum Gasteiger partial charge on any atom is 0.232 e. The highest BCUT2D eigenvalue weighted by Gasteiger charge is 2.18. The average Bonchev–Trinajstić information content (AvgIpc) is 2.70. The fourth-order valence-electron chi connectivity index (χ4n) is 3.20. The molecule has 0 spiro atoms. The Labute approximate surface area is 189 Å². The summed E-state index contributed by atoms with van der Waals surface area (Å²) in [4.78, 5) is 12.3. The van der Waals surface area contributed by atoms with Crippen LogP contribution in [-0.2, 0) is 34.2 Å². The largest absolute Gasteiger partial charge is 0.352 e. The van der Waals surface area contributed by atoms with E-state index in [1.165, 1.54) is 21.5 Å². The molecule has 0 aliphatic heterocycles. The van der Waals surface area contributed by atoms with Crippen molar-refractivity contribution in [3.05, 3.63) is 63.1 Å². The van der Waals surface area contributed by atoms with Gasteiger partial charge >= 0.3 is 0 Å². The van der Waals surface area contributed by atoms with Gasteiger partial charge in [-0.25, -0.2) is 8.42 Å². The number of nitrogens with one attached hydrogen (secondary N) is 1. The molecule has 0 saturated carbocycles. The van der Waals surface area contributed by atoms with Crippen LogP contribution in [0.15, 0.2) is 36.4 Å². The second kappa shape index (κ2) is 11.0.